The number of aryl methyl sites for hydroxylation is 4. The molecule has 4 fully saturated rings. The van der Waals surface area contributed by atoms with Crippen LogP contribution < -0.4 is 29.2 Å². The van der Waals surface area contributed by atoms with E-state index in [1.807, 2.05) is 19.0 Å². The summed E-state index contributed by atoms with van der Waals surface area (Å²) < 4.78 is 159. The number of hydrogen-bond donors (Lipinski definition) is 5. The van der Waals surface area contributed by atoms with Gasteiger partial charge in [0.1, 0.15) is 62.8 Å². The first-order valence-corrected chi connectivity index (χ1v) is 63.1. The number of carbonyl (C=O) groups excluding carboxylic acids is 1. The molecule has 1 atom stereocenters. The number of para-hydroxylation sites is 3. The molecule has 0 spiro atoms. The summed E-state index contributed by atoms with van der Waals surface area (Å²) in [5.41, 5.74) is 16.3. The number of nitrogen functional groups attached to an aromatic ring is 2. The molecule has 1 amide bonds. The largest absolute Gasteiger partial charge is 0.516 e. The minimum Gasteiger partial charge on any atom is -0.493 e. The van der Waals surface area contributed by atoms with Gasteiger partial charge in [-0.3, -0.25) is 9.78 Å². The number of carbonyl (C=O) groups is 1. The molecule has 33 heteroatoms. The van der Waals surface area contributed by atoms with Crippen LogP contribution in [0, 0.1) is 6.92 Å². The number of ether oxygens (including phenoxy) is 1. The predicted molar refractivity (Wildman–Crippen MR) is 591 cm³/mol. The van der Waals surface area contributed by atoms with Crippen molar-refractivity contribution in [3.8, 4) is 5.75 Å². The van der Waals surface area contributed by atoms with Gasteiger partial charge in [0.05, 0.1) is 79.0 Å². The Bertz CT molecular complexity index is 6150. The first kappa shape index (κ1) is 116. The molecule has 8 heterocycles. The quantitative estimate of drug-likeness (QED) is 0.0142. The van der Waals surface area contributed by atoms with Gasteiger partial charge >= 0.3 is 15.5 Å². The lowest BCUT2D eigenvalue weighted by molar-refractivity contribution is -0.0446. The number of fused-ring (bicyclic) bond motifs is 4. The van der Waals surface area contributed by atoms with Gasteiger partial charge in [0.15, 0.2) is 19.6 Å². The molecule has 4 aliphatic heterocycles. The van der Waals surface area contributed by atoms with Gasteiger partial charge in [-0.2, -0.15) is 21.6 Å². The molecule has 7 N–H and O–H groups in total. The van der Waals surface area contributed by atoms with Crippen molar-refractivity contribution < 1.29 is 60.6 Å². The van der Waals surface area contributed by atoms with Gasteiger partial charge in [0.2, 0.25) is 10.0 Å². The smallest absolute Gasteiger partial charge is 0.493 e. The number of benzene rings is 8. The summed E-state index contributed by atoms with van der Waals surface area (Å²) in [5.74, 6) is 12.1. The summed E-state index contributed by atoms with van der Waals surface area (Å²) in [6.45, 7) is 18.9. The first-order valence-electron chi connectivity index (χ1n) is 49.4. The van der Waals surface area contributed by atoms with Crippen LogP contribution in [0.3, 0.4) is 0 Å². The third-order valence-corrected chi connectivity index (χ3v) is 42.4. The zero-order valence-electron chi connectivity index (χ0n) is 84.6. The second kappa shape index (κ2) is 57.5. The van der Waals surface area contributed by atoms with Gasteiger partial charge < -0.3 is 34.8 Å². The topological polar surface area (TPSA) is 299 Å². The van der Waals surface area contributed by atoms with Crippen LogP contribution >= 0.6 is 0 Å². The van der Waals surface area contributed by atoms with Crippen molar-refractivity contribution in [1.29, 1.82) is 0 Å². The zero-order valence-corrected chi connectivity index (χ0v) is 91.9. The van der Waals surface area contributed by atoms with Crippen LogP contribution in [-0.4, -0.2) is 151 Å². The minimum atomic E-state index is -5.67. The van der Waals surface area contributed by atoms with Gasteiger partial charge in [0.25, 0.3) is 26.0 Å². The molecule has 0 radical (unpaired) electrons. The Balaban J connectivity index is 0.000000181. The number of anilines is 2. The monoisotopic (exact) mass is 2110 g/mol. The molecule has 0 saturated carbocycles. The van der Waals surface area contributed by atoms with E-state index in [1.165, 1.54) is 220 Å². The normalized spacial score (nSPS) is 14.6. The summed E-state index contributed by atoms with van der Waals surface area (Å²) in [6.07, 6.45) is 34.9. The number of pyridine rings is 1. The first-order chi connectivity index (χ1) is 67.3. The van der Waals surface area contributed by atoms with E-state index >= 15 is 0 Å². The summed E-state index contributed by atoms with van der Waals surface area (Å²) in [7, 11) is -6.44. The van der Waals surface area contributed by atoms with Gasteiger partial charge in [-0.15, -0.1) is 8.25 Å². The summed E-state index contributed by atoms with van der Waals surface area (Å²) in [5, 5.41) is 7.13. The van der Waals surface area contributed by atoms with E-state index in [4.69, 9.17) is 16.2 Å². The van der Waals surface area contributed by atoms with Crippen LogP contribution in [0.1, 0.15) is 234 Å². The third kappa shape index (κ3) is 36.1. The van der Waals surface area contributed by atoms with Crippen molar-refractivity contribution >= 4 is 155 Å². The SMILES string of the molecule is CCCCCCCCS(=O)(=O)NS(=O)(=O)c1ccc(N)cc1.CCCCCCCCS(=O)NS(=O)(=O)c1ccc(CN(C)C)cc1.CCCCOc1ccc([S+]2CCCC2)c2ccccc12.Cc1cc(C(C)C)c(N)c(C(C)C)c1.Cn1cc([S+]2CCCC2)c2ccccc21.Cn1cc([S+]2CCCC2)c2ccccc21.Cn1cc([S+]2CCCC2)c2ccccc21.O=C(NS(=O)(=O)C(F)(F)F)c1cccnc1. The molecular formula is C108H151F3N10O11S9+4. The third-order valence-electron chi connectivity index (χ3n) is 24.5. The van der Waals surface area contributed by atoms with Gasteiger partial charge in [-0.05, 0) is 223 Å². The second-order valence-electron chi connectivity index (χ2n) is 36.9. The summed E-state index contributed by atoms with van der Waals surface area (Å²) >= 11 is 0. The fourth-order valence-electron chi connectivity index (χ4n) is 16.9. The molecule has 4 saturated heterocycles. The number of rotatable bonds is 34. The maximum absolute atomic E-state index is 12.2. The van der Waals surface area contributed by atoms with Crippen molar-refractivity contribution in [2.75, 3.05) is 89.7 Å². The lowest BCUT2D eigenvalue weighted by Gasteiger charge is -2.17. The number of hydrogen-bond acceptors (Lipinski definition) is 15. The number of nitrogens with two attached hydrogens (primary N) is 2. The molecule has 21 nitrogen and oxygen atoms in total. The van der Waals surface area contributed by atoms with Gasteiger partial charge in [-0.1, -0.05) is 204 Å². The highest BCUT2D eigenvalue weighted by Gasteiger charge is 2.47. The van der Waals surface area contributed by atoms with Gasteiger partial charge in [0, 0.05) is 112 Å². The number of nitrogens with zero attached hydrogens (tertiary/aromatic N) is 5. The number of unbranched alkanes of at least 4 members (excludes halogenated alkanes) is 11. The van der Waals surface area contributed by atoms with Crippen molar-refractivity contribution in [1.82, 2.24) is 36.6 Å². The van der Waals surface area contributed by atoms with Crippen LogP contribution in [0.15, 0.2) is 242 Å². The number of alkyl halides is 3. The van der Waals surface area contributed by atoms with Crippen molar-refractivity contribution in [2.24, 2.45) is 21.1 Å². The highest BCUT2D eigenvalue weighted by Crippen LogP contribution is 2.38. The number of sulfonamides is 4. The molecule has 12 aromatic rings. The van der Waals surface area contributed by atoms with Crippen molar-refractivity contribution in [3.05, 3.63) is 241 Å². The highest BCUT2D eigenvalue weighted by molar-refractivity contribution is 8.04. The van der Waals surface area contributed by atoms with E-state index in [9.17, 15) is 55.8 Å². The molecule has 0 aliphatic carbocycles. The Hall–Kier alpha value is -8.32. The van der Waals surface area contributed by atoms with E-state index in [0.29, 0.717) is 73.3 Å². The Kier molecular flexibility index (Phi) is 47.4. The van der Waals surface area contributed by atoms with Gasteiger partial charge in [-0.25, -0.2) is 34.2 Å². The lowest BCUT2D eigenvalue weighted by Crippen LogP contribution is -2.40. The average molecular weight is 2110 g/mol. The van der Waals surface area contributed by atoms with E-state index < -0.39 is 62.5 Å². The van der Waals surface area contributed by atoms with Crippen molar-refractivity contribution in [3.63, 3.8) is 0 Å². The van der Waals surface area contributed by atoms with Crippen LogP contribution in [0.25, 0.3) is 43.5 Å². The lowest BCUT2D eigenvalue weighted by atomic mass is 9.91. The van der Waals surface area contributed by atoms with Crippen molar-refractivity contribution in [2.45, 2.75) is 250 Å². The maximum Gasteiger partial charge on any atom is 0.516 e. The fraction of sp³-hybridized carbons (Fsp3) is 0.463. The Labute approximate surface area is 852 Å². The minimum absolute atomic E-state index is 0.117. The highest BCUT2D eigenvalue weighted by atomic mass is 32.3. The Morgan fingerprint density at radius 1 is 0.489 bits per heavy atom. The molecular weight excluding hydrogens is 1960 g/mol. The predicted octanol–water partition coefficient (Wildman–Crippen LogP) is 23.4. The van der Waals surface area contributed by atoms with E-state index in [-0.39, 0.29) is 21.1 Å². The summed E-state index contributed by atoms with van der Waals surface area (Å²) in [4.78, 5) is 22.9. The van der Waals surface area contributed by atoms with E-state index in [0.717, 1.165) is 105 Å². The Morgan fingerprint density at radius 2 is 0.887 bits per heavy atom. The van der Waals surface area contributed by atoms with Crippen LogP contribution in [-0.2, 0) is 122 Å². The average Bonchev–Trinajstić information content (AvgIpc) is 1.78. The summed E-state index contributed by atoms with van der Waals surface area (Å²) in [6, 6.07) is 58.5. The molecule has 141 heavy (non-hydrogen) atoms. The zero-order chi connectivity index (χ0) is 102. The number of aromatic nitrogens is 4. The maximum atomic E-state index is 12.2. The van der Waals surface area contributed by atoms with E-state index in [1.54, 1.807) is 48.0 Å². The molecule has 8 aromatic carbocycles. The molecule has 770 valence electrons. The molecule has 4 aromatic heterocycles. The molecule has 4 aliphatic rings. The number of amides is 1. The standard InChI is InChI=1S/C18H23OS.C17H30N2O3S2.C14H24N2O4S2.3C13H16NS.C13H21N.C7H5F3N2O3S/c1-2-3-12-19-17-10-11-18(20-13-6-7-14-20)16-9-5-4-8-15(16)17;1-4-5-6-7-8-9-14-23(20)18-24(21,22)17-12-10-16(11-13-17)15-19(2)3;1-2-3-4-5-6-7-12-21(17,18)16-22(19,20)14-10-8-13(15)9-11-14;3*1-14-10-13(15-8-4-5-9-15)11-6-2-3-7-12(11)14;1-8(2)11-6-10(5)7-12(9(3)4)13(11)14;8-7(9,10)16(14,15)12-6(13)5-2-1-3-11-4-5/h4-5,8-11H,2-3,6-7,12-14H2,1H3;10-13,18H,4-9,14-15H2,1-3H3;8-11,16H,2-7,12,15H2,1H3;3*2-3,6-7,10H,4-5,8-9H2,1H3;6-9H,14H2,1-5H3;1-4H,(H,12,13)/q+1;;;3*+1;;. The molecule has 16 rings (SSSR count). The van der Waals surface area contributed by atoms with Crippen LogP contribution in [0.5, 0.6) is 5.75 Å². The molecule has 1 unspecified atom stereocenters. The van der Waals surface area contributed by atoms with Crippen LogP contribution in [0.2, 0.25) is 0 Å². The second-order valence-corrected chi connectivity index (χ2v) is 54.6. The molecule has 0 bridgehead atoms. The van der Waals surface area contributed by atoms with E-state index in [2.05, 4.69) is 239 Å². The number of halogens is 3. The number of nitrogens with one attached hydrogen (secondary N) is 3. The Morgan fingerprint density at radius 3 is 1.30 bits per heavy atom. The fourth-order valence-corrected chi connectivity index (χ4v) is 33.3. The van der Waals surface area contributed by atoms with Crippen LogP contribution in [0.4, 0.5) is 24.5 Å².